The van der Waals surface area contributed by atoms with Gasteiger partial charge >= 0.3 is 5.97 Å². The monoisotopic (exact) mass is 427 g/mol. The van der Waals surface area contributed by atoms with E-state index in [-0.39, 0.29) is 40.8 Å². The van der Waals surface area contributed by atoms with Gasteiger partial charge in [0.15, 0.2) is 6.10 Å². The van der Waals surface area contributed by atoms with Crippen LogP contribution in [0.4, 0.5) is 0 Å². The Kier molecular flexibility index (Phi) is 6.28. The van der Waals surface area contributed by atoms with Crippen LogP contribution in [0, 0.1) is 11.8 Å². The van der Waals surface area contributed by atoms with Gasteiger partial charge in [-0.3, -0.25) is 9.59 Å². The number of β-lactam (4-membered cyclic amide) rings is 1. The zero-order chi connectivity index (χ0) is 21.6. The van der Waals surface area contributed by atoms with E-state index >= 15 is 0 Å². The largest absolute Gasteiger partial charge is 0.477 e. The van der Waals surface area contributed by atoms with Crippen molar-refractivity contribution < 1.29 is 29.3 Å². The third kappa shape index (κ3) is 3.67. The summed E-state index contributed by atoms with van der Waals surface area (Å²) in [7, 11) is 4.87. The van der Waals surface area contributed by atoms with Gasteiger partial charge in [-0.25, -0.2) is 4.79 Å². The summed E-state index contributed by atoms with van der Waals surface area (Å²) in [6, 6.07) is -0.481. The van der Waals surface area contributed by atoms with Crippen LogP contribution in [-0.2, 0) is 19.1 Å². The van der Waals surface area contributed by atoms with E-state index in [0.29, 0.717) is 17.9 Å². The number of rotatable bonds is 7. The fraction of sp³-hybridized carbons (Fsp3) is 0.737. The molecule has 29 heavy (non-hydrogen) atoms. The van der Waals surface area contributed by atoms with E-state index in [0.717, 1.165) is 0 Å². The van der Waals surface area contributed by atoms with E-state index in [1.54, 1.807) is 21.0 Å². The summed E-state index contributed by atoms with van der Waals surface area (Å²) >= 11 is 1.45. The Morgan fingerprint density at radius 3 is 2.55 bits per heavy atom. The van der Waals surface area contributed by atoms with Crippen molar-refractivity contribution in [2.75, 3.05) is 27.7 Å². The molecule has 7 atom stereocenters. The highest BCUT2D eigenvalue weighted by atomic mass is 32.2. The summed E-state index contributed by atoms with van der Waals surface area (Å²) in [4.78, 5) is 40.2. The zero-order valence-electron chi connectivity index (χ0n) is 17.3. The SMILES string of the molecule is COC(C(=O)N(C)C)[C@@H]1C[C@H](SC2=C(C(=O)O)N3C(=O)[C@H]([C@@H](C)O)[C@H]3[C@H]2C)CN1. The summed E-state index contributed by atoms with van der Waals surface area (Å²) in [6.45, 7) is 4.08. The van der Waals surface area contributed by atoms with Gasteiger partial charge in [0.25, 0.3) is 5.91 Å². The number of aliphatic hydroxyl groups excluding tert-OH is 1. The first-order chi connectivity index (χ1) is 13.6. The number of carbonyl (C=O) groups is 3. The van der Waals surface area contributed by atoms with Crippen molar-refractivity contribution in [2.45, 2.75) is 49.8 Å². The van der Waals surface area contributed by atoms with E-state index in [1.807, 2.05) is 6.92 Å². The van der Waals surface area contributed by atoms with Gasteiger partial charge in [0.05, 0.1) is 18.1 Å². The third-order valence-corrected chi connectivity index (χ3v) is 7.54. The third-order valence-electron chi connectivity index (χ3n) is 6.03. The predicted molar refractivity (Wildman–Crippen MR) is 107 cm³/mol. The molecule has 3 heterocycles. The molecule has 0 spiro atoms. The van der Waals surface area contributed by atoms with Gasteiger partial charge in [0.1, 0.15) is 5.70 Å². The first-order valence-corrected chi connectivity index (χ1v) is 10.6. The molecular formula is C19H29N3O6S. The number of nitrogens with one attached hydrogen (secondary N) is 1. The van der Waals surface area contributed by atoms with Crippen molar-refractivity contribution in [3.63, 3.8) is 0 Å². The number of carboxylic acids is 1. The highest BCUT2D eigenvalue weighted by Crippen LogP contribution is 2.51. The number of hydrogen-bond donors (Lipinski definition) is 3. The van der Waals surface area contributed by atoms with Gasteiger partial charge in [0, 0.05) is 49.9 Å². The number of thioether (sulfide) groups is 1. The molecule has 1 unspecified atom stereocenters. The van der Waals surface area contributed by atoms with Crippen molar-refractivity contribution in [1.29, 1.82) is 0 Å². The second-order valence-corrected chi connectivity index (χ2v) is 9.49. The Hall–Kier alpha value is -1.62. The van der Waals surface area contributed by atoms with E-state index in [2.05, 4.69) is 5.32 Å². The molecule has 3 rings (SSSR count). The lowest BCUT2D eigenvalue weighted by Gasteiger charge is -2.46. The molecule has 3 aliphatic heterocycles. The highest BCUT2D eigenvalue weighted by Gasteiger charge is 2.60. The van der Waals surface area contributed by atoms with Crippen LogP contribution in [0.15, 0.2) is 10.6 Å². The number of likely N-dealkylation sites (N-methyl/N-ethyl adjacent to an activating group) is 1. The van der Waals surface area contributed by atoms with Crippen molar-refractivity contribution in [3.05, 3.63) is 10.6 Å². The van der Waals surface area contributed by atoms with Crippen molar-refractivity contribution in [3.8, 4) is 0 Å². The molecule has 2 fully saturated rings. The van der Waals surface area contributed by atoms with Gasteiger partial charge < -0.3 is 30.1 Å². The number of nitrogens with zero attached hydrogens (tertiary/aromatic N) is 2. The Bertz CT molecular complexity index is 739. The second-order valence-electron chi connectivity index (χ2n) is 8.15. The van der Waals surface area contributed by atoms with Crippen molar-refractivity contribution >= 4 is 29.5 Å². The topological polar surface area (TPSA) is 119 Å². The van der Waals surface area contributed by atoms with Gasteiger partial charge in [-0.2, -0.15) is 0 Å². The minimum atomic E-state index is -1.13. The molecule has 0 aromatic heterocycles. The van der Waals surface area contributed by atoms with E-state index in [4.69, 9.17) is 4.74 Å². The fourth-order valence-electron chi connectivity index (χ4n) is 4.60. The van der Waals surface area contributed by atoms with E-state index in [9.17, 15) is 24.6 Å². The molecular weight excluding hydrogens is 398 g/mol. The molecule has 162 valence electrons. The molecule has 0 saturated carbocycles. The van der Waals surface area contributed by atoms with Gasteiger partial charge in [0.2, 0.25) is 5.91 Å². The fourth-order valence-corrected chi connectivity index (χ4v) is 6.10. The number of carbonyl (C=O) groups excluding carboxylic acids is 2. The Morgan fingerprint density at radius 2 is 2.03 bits per heavy atom. The molecule has 3 N–H and O–H groups in total. The molecule has 2 amide bonds. The lowest BCUT2D eigenvalue weighted by molar-refractivity contribution is -0.163. The number of aliphatic carboxylic acids is 1. The molecule has 0 aromatic rings. The number of amides is 2. The second kappa shape index (κ2) is 8.25. The van der Waals surface area contributed by atoms with E-state index in [1.165, 1.54) is 28.7 Å². The van der Waals surface area contributed by atoms with Gasteiger partial charge in [-0.15, -0.1) is 11.8 Å². The number of carboxylic acid groups (broad SMARTS) is 1. The van der Waals surface area contributed by atoms with Crippen LogP contribution >= 0.6 is 11.8 Å². The maximum absolute atomic E-state index is 12.4. The molecule has 2 saturated heterocycles. The van der Waals surface area contributed by atoms with Gasteiger partial charge in [-0.1, -0.05) is 6.92 Å². The van der Waals surface area contributed by atoms with Crippen LogP contribution in [0.1, 0.15) is 20.3 Å². The van der Waals surface area contributed by atoms with Crippen LogP contribution in [0.5, 0.6) is 0 Å². The summed E-state index contributed by atoms with van der Waals surface area (Å²) in [5.41, 5.74) is 0.0329. The zero-order valence-corrected chi connectivity index (χ0v) is 18.1. The first kappa shape index (κ1) is 22.1. The van der Waals surface area contributed by atoms with E-state index < -0.39 is 24.1 Å². The Balaban J connectivity index is 1.75. The average molecular weight is 428 g/mol. The summed E-state index contributed by atoms with van der Waals surface area (Å²) in [5.74, 6) is -2.31. The van der Waals surface area contributed by atoms with Gasteiger partial charge in [-0.05, 0) is 13.3 Å². The molecule has 0 aliphatic carbocycles. The quantitative estimate of drug-likeness (QED) is 0.474. The number of aliphatic hydroxyl groups is 1. The van der Waals surface area contributed by atoms with Crippen molar-refractivity contribution in [2.24, 2.45) is 11.8 Å². The lowest BCUT2D eigenvalue weighted by Crippen LogP contribution is -2.63. The smallest absolute Gasteiger partial charge is 0.353 e. The van der Waals surface area contributed by atoms with Crippen LogP contribution in [-0.4, -0.2) is 95.1 Å². The molecule has 0 radical (unpaired) electrons. The summed E-state index contributed by atoms with van der Waals surface area (Å²) in [6.07, 6.45) is -0.780. The number of ether oxygens (including phenoxy) is 1. The van der Waals surface area contributed by atoms with Crippen LogP contribution in [0.25, 0.3) is 0 Å². The highest BCUT2D eigenvalue weighted by molar-refractivity contribution is 8.03. The first-order valence-electron chi connectivity index (χ1n) is 9.72. The molecule has 0 aromatic carbocycles. The molecule has 10 heteroatoms. The van der Waals surface area contributed by atoms with Crippen molar-refractivity contribution in [1.82, 2.24) is 15.1 Å². The molecule has 3 aliphatic rings. The Morgan fingerprint density at radius 1 is 1.38 bits per heavy atom. The minimum Gasteiger partial charge on any atom is -0.477 e. The average Bonchev–Trinajstić information content (AvgIpc) is 3.18. The predicted octanol–water partition coefficient (Wildman–Crippen LogP) is -0.293. The van der Waals surface area contributed by atoms with Crippen LogP contribution in [0.2, 0.25) is 0 Å². The molecule has 9 nitrogen and oxygen atoms in total. The normalized spacial score (nSPS) is 33.4. The number of fused-ring (bicyclic) bond motifs is 1. The summed E-state index contributed by atoms with van der Waals surface area (Å²) < 4.78 is 5.40. The maximum atomic E-state index is 12.4. The molecule has 0 bridgehead atoms. The van der Waals surface area contributed by atoms with Crippen LogP contribution in [0.3, 0.4) is 0 Å². The Labute approximate surface area is 174 Å². The summed E-state index contributed by atoms with van der Waals surface area (Å²) in [5, 5.41) is 23.1. The lowest BCUT2D eigenvalue weighted by atomic mass is 9.79. The number of hydrogen-bond acceptors (Lipinski definition) is 7. The van der Waals surface area contributed by atoms with Crippen LogP contribution < -0.4 is 5.32 Å². The minimum absolute atomic E-state index is 0.0329. The standard InChI is InChI=1S/C19H29N3O6S/c1-8-13-12(9(2)23)17(24)22(13)14(19(26)27)16(8)29-10-6-11(20-7-10)15(28-5)18(25)21(3)4/h8-13,15,20,23H,6-7H2,1-5H3,(H,26,27)/t8-,9-,10+,11+,12-,13-,15?/m1/s1. The number of methoxy groups -OCH3 is 1. The maximum Gasteiger partial charge on any atom is 0.353 e.